The molecule has 0 heterocycles. The lowest BCUT2D eigenvalue weighted by molar-refractivity contribution is 0.108. The largest absolute Gasteiger partial charge is 0.352 e. The summed E-state index contributed by atoms with van der Waals surface area (Å²) in [4.78, 5) is 39.0. The van der Waals surface area contributed by atoms with Gasteiger partial charge in [0.05, 0.1) is 10.6 Å². The Kier molecular flexibility index (Phi) is 7.04. The van der Waals surface area contributed by atoms with Crippen molar-refractivity contribution in [2.45, 2.75) is 18.7 Å². The summed E-state index contributed by atoms with van der Waals surface area (Å²) >= 11 is 0.893. The highest BCUT2D eigenvalue weighted by molar-refractivity contribution is 8.14. The second kappa shape index (κ2) is 10.3. The van der Waals surface area contributed by atoms with Gasteiger partial charge in [-0.15, -0.1) is 0 Å². The summed E-state index contributed by atoms with van der Waals surface area (Å²) in [7, 11) is 0. The van der Waals surface area contributed by atoms with Gasteiger partial charge >= 0.3 is 0 Å². The van der Waals surface area contributed by atoms with Crippen LogP contribution < -0.4 is 16.2 Å². The van der Waals surface area contributed by atoms with Crippen LogP contribution >= 0.6 is 11.8 Å². The van der Waals surface area contributed by atoms with E-state index < -0.39 is 0 Å². The van der Waals surface area contributed by atoms with Crippen LogP contribution in [0.1, 0.15) is 21.5 Å². The van der Waals surface area contributed by atoms with Crippen molar-refractivity contribution in [2.24, 2.45) is 0 Å². The maximum atomic E-state index is 13.5. The molecule has 0 unspecified atom stereocenters. The van der Waals surface area contributed by atoms with Crippen LogP contribution in [0.4, 0.5) is 11.4 Å². The van der Waals surface area contributed by atoms with Gasteiger partial charge in [-0.1, -0.05) is 66.2 Å². The van der Waals surface area contributed by atoms with Crippen molar-refractivity contribution in [1.29, 1.82) is 0 Å². The lowest BCUT2D eigenvalue weighted by Crippen LogP contribution is -2.09. The predicted molar refractivity (Wildman–Crippen MR) is 140 cm³/mol. The Labute approximate surface area is 202 Å². The van der Waals surface area contributed by atoms with Crippen LogP contribution in [0.15, 0.2) is 112 Å². The number of anilines is 2. The van der Waals surface area contributed by atoms with Crippen LogP contribution in [0.25, 0.3) is 11.1 Å². The number of hydrogen-bond donors (Lipinski definition) is 1. The van der Waals surface area contributed by atoms with E-state index in [1.54, 1.807) is 48.5 Å². The normalized spacial score (nSPS) is 10.5. The zero-order valence-corrected chi connectivity index (χ0v) is 19.7. The SMILES string of the molecule is Cc1ccc(Nc2ccccc(-c3cc(C(=O)Sc4cccccc4=O)ccc3C)c2=O)cc1. The molecule has 0 aliphatic carbocycles. The summed E-state index contributed by atoms with van der Waals surface area (Å²) in [5, 5.41) is 2.96. The van der Waals surface area contributed by atoms with E-state index in [4.69, 9.17) is 0 Å². The van der Waals surface area contributed by atoms with E-state index in [-0.39, 0.29) is 16.0 Å². The number of nitrogens with one attached hydrogen (secondary N) is 1. The molecule has 34 heavy (non-hydrogen) atoms. The Morgan fingerprint density at radius 1 is 0.735 bits per heavy atom. The molecule has 1 N–H and O–H groups in total. The Hall–Kier alpha value is -3.96. The molecular formula is C29H23NO3S. The molecule has 0 saturated carbocycles. The minimum absolute atomic E-state index is 0.164. The molecule has 0 radical (unpaired) electrons. The van der Waals surface area contributed by atoms with Crippen molar-refractivity contribution < 1.29 is 4.79 Å². The third-order valence-corrected chi connectivity index (χ3v) is 6.36. The van der Waals surface area contributed by atoms with E-state index in [1.165, 1.54) is 6.07 Å². The molecule has 4 rings (SSSR count). The van der Waals surface area contributed by atoms with Gasteiger partial charge in [0.15, 0.2) is 5.43 Å². The van der Waals surface area contributed by atoms with Crippen molar-refractivity contribution >= 4 is 28.3 Å². The molecule has 0 spiro atoms. The van der Waals surface area contributed by atoms with E-state index in [9.17, 15) is 14.4 Å². The van der Waals surface area contributed by atoms with Gasteiger partial charge < -0.3 is 5.32 Å². The molecule has 0 saturated heterocycles. The van der Waals surface area contributed by atoms with Crippen LogP contribution in [0.3, 0.4) is 0 Å². The molecule has 0 fully saturated rings. The number of rotatable bonds is 5. The molecular weight excluding hydrogens is 442 g/mol. The van der Waals surface area contributed by atoms with E-state index in [2.05, 4.69) is 5.32 Å². The van der Waals surface area contributed by atoms with Gasteiger partial charge in [0.25, 0.3) is 0 Å². The zero-order chi connectivity index (χ0) is 24.1. The summed E-state index contributed by atoms with van der Waals surface area (Å²) in [5.74, 6) is 0. The molecule has 168 valence electrons. The van der Waals surface area contributed by atoms with Crippen molar-refractivity contribution in [2.75, 3.05) is 5.32 Å². The molecule has 0 bridgehead atoms. The highest BCUT2D eigenvalue weighted by atomic mass is 32.2. The van der Waals surface area contributed by atoms with E-state index in [0.29, 0.717) is 27.3 Å². The molecule has 0 atom stereocenters. The summed E-state index contributed by atoms with van der Waals surface area (Å²) in [5.41, 5.74) is 4.51. The number of hydrogen-bond acceptors (Lipinski definition) is 5. The second-order valence-electron chi connectivity index (χ2n) is 7.92. The number of aryl methyl sites for hydroxylation is 2. The van der Waals surface area contributed by atoms with E-state index >= 15 is 0 Å². The number of carbonyl (C=O) groups excluding carboxylic acids is 1. The summed E-state index contributed by atoms with van der Waals surface area (Å²) in [6, 6.07) is 28.4. The predicted octanol–water partition coefficient (Wildman–Crippen LogP) is 6.37. The number of thioether (sulfide) groups is 1. The van der Waals surface area contributed by atoms with Crippen molar-refractivity contribution in [3.8, 4) is 11.1 Å². The first-order valence-electron chi connectivity index (χ1n) is 10.8. The van der Waals surface area contributed by atoms with Gasteiger partial charge in [-0.3, -0.25) is 14.4 Å². The standard InChI is InChI=1S/C29H23NO3S/c1-19-12-16-22(17-13-19)30-25-9-7-6-8-23(28(25)32)24-18-21(15-14-20(24)2)29(33)34-27-11-5-3-4-10-26(27)31/h3-18H,1-2H3,(H,30,32). The molecule has 4 aromatic rings. The minimum Gasteiger partial charge on any atom is -0.352 e. The first-order valence-corrected chi connectivity index (χ1v) is 11.6. The first kappa shape index (κ1) is 23.2. The van der Waals surface area contributed by atoms with Gasteiger partial charge in [-0.25, -0.2) is 0 Å². The van der Waals surface area contributed by atoms with Crippen molar-refractivity contribution in [3.05, 3.63) is 134 Å². The third-order valence-electron chi connectivity index (χ3n) is 5.38. The van der Waals surface area contributed by atoms with Crippen LogP contribution in [-0.4, -0.2) is 5.12 Å². The third kappa shape index (κ3) is 5.33. The Bertz CT molecular complexity index is 1480. The van der Waals surface area contributed by atoms with Gasteiger partial charge in [0.1, 0.15) is 0 Å². The maximum absolute atomic E-state index is 13.5. The van der Waals surface area contributed by atoms with Gasteiger partial charge in [0, 0.05) is 16.8 Å². The maximum Gasteiger partial charge on any atom is 0.224 e. The lowest BCUT2D eigenvalue weighted by atomic mass is 9.99. The quantitative estimate of drug-likeness (QED) is 0.347. The van der Waals surface area contributed by atoms with Gasteiger partial charge in [-0.2, -0.15) is 0 Å². The Morgan fingerprint density at radius 2 is 1.44 bits per heavy atom. The fraction of sp³-hybridized carbons (Fsp3) is 0.0690. The van der Waals surface area contributed by atoms with E-state index in [0.717, 1.165) is 28.6 Å². The molecule has 0 aromatic heterocycles. The molecule has 5 heteroatoms. The minimum atomic E-state index is -0.254. The van der Waals surface area contributed by atoms with Crippen LogP contribution in [0, 0.1) is 13.8 Å². The monoisotopic (exact) mass is 465 g/mol. The molecule has 0 amide bonds. The Morgan fingerprint density at radius 3 is 2.24 bits per heavy atom. The second-order valence-corrected chi connectivity index (χ2v) is 8.94. The highest BCUT2D eigenvalue weighted by Crippen LogP contribution is 2.27. The van der Waals surface area contributed by atoms with Crippen LogP contribution in [-0.2, 0) is 0 Å². The van der Waals surface area contributed by atoms with E-state index in [1.807, 2.05) is 56.3 Å². The number of benzene rings is 2. The molecule has 0 aliphatic heterocycles. The van der Waals surface area contributed by atoms with Crippen molar-refractivity contribution in [3.63, 3.8) is 0 Å². The van der Waals surface area contributed by atoms with Crippen molar-refractivity contribution in [1.82, 2.24) is 0 Å². The fourth-order valence-electron chi connectivity index (χ4n) is 3.50. The Balaban J connectivity index is 1.72. The van der Waals surface area contributed by atoms with Gasteiger partial charge in [-0.05, 0) is 73.1 Å². The van der Waals surface area contributed by atoms with Crippen LogP contribution in [0.2, 0.25) is 0 Å². The fourth-order valence-corrected chi connectivity index (χ4v) is 4.26. The average Bonchev–Trinajstić information content (AvgIpc) is 3.14. The molecule has 4 aromatic carbocycles. The first-order chi connectivity index (χ1) is 16.4. The summed E-state index contributed by atoms with van der Waals surface area (Å²) in [6.45, 7) is 3.91. The van der Waals surface area contributed by atoms with Crippen LogP contribution in [0.5, 0.6) is 0 Å². The smallest absolute Gasteiger partial charge is 0.224 e. The average molecular weight is 466 g/mol. The zero-order valence-electron chi connectivity index (χ0n) is 18.9. The van der Waals surface area contributed by atoms with Gasteiger partial charge in [0.2, 0.25) is 10.5 Å². The summed E-state index contributed by atoms with van der Waals surface area (Å²) in [6.07, 6.45) is 0. The number of carbonyl (C=O) groups is 1. The summed E-state index contributed by atoms with van der Waals surface area (Å²) < 4.78 is 0. The lowest BCUT2D eigenvalue weighted by Gasteiger charge is -2.09. The molecule has 0 aliphatic rings. The molecule has 4 nitrogen and oxygen atoms in total. The highest BCUT2D eigenvalue weighted by Gasteiger charge is 2.15. The topological polar surface area (TPSA) is 63.2 Å².